The van der Waals surface area contributed by atoms with Crippen LogP contribution in [0.25, 0.3) is 16.5 Å². The van der Waals surface area contributed by atoms with Gasteiger partial charge in [-0.25, -0.2) is 4.79 Å². The Hall–Kier alpha value is -4.28. The molecule has 3 aromatic rings. The molecular formula is C30H35N7O3. The molecule has 0 unspecified atom stereocenters. The number of hydrogen-bond acceptors (Lipinski definition) is 6. The van der Waals surface area contributed by atoms with Gasteiger partial charge in [0.2, 0.25) is 0 Å². The fourth-order valence-corrected chi connectivity index (χ4v) is 4.66. The molecule has 1 fully saturated rings. The van der Waals surface area contributed by atoms with Crippen LogP contribution in [0.4, 0.5) is 10.5 Å². The maximum Gasteiger partial charge on any atom is 0.321 e. The number of aromatic amines is 1. The lowest BCUT2D eigenvalue weighted by Crippen LogP contribution is -2.35. The molecule has 0 atom stereocenters. The van der Waals surface area contributed by atoms with E-state index < -0.39 is 0 Å². The van der Waals surface area contributed by atoms with Gasteiger partial charge in [-0.05, 0) is 54.3 Å². The number of nitrogens with one attached hydrogen (secondary N) is 3. The highest BCUT2D eigenvalue weighted by atomic mass is 16.5. The van der Waals surface area contributed by atoms with Crippen LogP contribution in [0.1, 0.15) is 41.5 Å². The minimum Gasteiger partial charge on any atom is -0.379 e. The first kappa shape index (κ1) is 27.3. The van der Waals surface area contributed by atoms with Crippen molar-refractivity contribution in [2.45, 2.75) is 26.3 Å². The monoisotopic (exact) mass is 541 g/mol. The number of morpholine rings is 1. The Labute approximate surface area is 233 Å². The highest BCUT2D eigenvalue weighted by Gasteiger charge is 2.17. The average molecular weight is 542 g/mol. The van der Waals surface area contributed by atoms with Crippen molar-refractivity contribution >= 4 is 34.1 Å². The van der Waals surface area contributed by atoms with Gasteiger partial charge in [0, 0.05) is 44.8 Å². The first-order valence-electron chi connectivity index (χ1n) is 13.5. The number of nitrogens with zero attached hydrogens (tertiary/aromatic N) is 4. The van der Waals surface area contributed by atoms with Gasteiger partial charge >= 0.3 is 6.03 Å². The van der Waals surface area contributed by atoms with E-state index >= 15 is 0 Å². The average Bonchev–Trinajstić information content (AvgIpc) is 3.28. The summed E-state index contributed by atoms with van der Waals surface area (Å²) >= 11 is 0. The van der Waals surface area contributed by atoms with Crippen LogP contribution < -0.4 is 10.6 Å². The van der Waals surface area contributed by atoms with E-state index in [4.69, 9.17) is 4.74 Å². The molecule has 10 heteroatoms. The molecule has 5 rings (SSSR count). The first-order valence-corrected chi connectivity index (χ1v) is 13.5. The van der Waals surface area contributed by atoms with Gasteiger partial charge < -0.3 is 20.3 Å². The molecule has 1 saturated heterocycles. The zero-order chi connectivity index (χ0) is 28.1. The molecule has 3 heterocycles. The number of carbonyl (C=O) groups is 2. The fraction of sp³-hybridized carbons (Fsp3) is 0.333. The van der Waals surface area contributed by atoms with Crippen LogP contribution in [0.15, 0.2) is 66.0 Å². The highest BCUT2D eigenvalue weighted by molar-refractivity contribution is 6.11. The predicted molar refractivity (Wildman–Crippen MR) is 156 cm³/mol. The lowest BCUT2D eigenvalue weighted by molar-refractivity contribution is 0.0336. The van der Waals surface area contributed by atoms with Gasteiger partial charge in [-0.1, -0.05) is 30.7 Å². The second kappa shape index (κ2) is 12.3. The molecule has 2 aromatic heterocycles. The number of rotatable bonds is 7. The molecule has 0 bridgehead atoms. The molecule has 1 aromatic carbocycles. The van der Waals surface area contributed by atoms with Crippen LogP contribution in [0, 0.1) is 0 Å². The van der Waals surface area contributed by atoms with E-state index in [0.29, 0.717) is 16.8 Å². The molecule has 0 saturated carbocycles. The third-order valence-corrected chi connectivity index (χ3v) is 7.05. The SMILES string of the molecule is CCC1=CC(c2ccc3[nH]nc(C(=O)Nc4ccc(CN5CCOCC5)nc4)c3c2)=CC(NC(=O)N(C)C)=CC1. The van der Waals surface area contributed by atoms with Crippen molar-refractivity contribution in [3.8, 4) is 0 Å². The molecular weight excluding hydrogens is 506 g/mol. The molecule has 0 radical (unpaired) electrons. The number of anilines is 1. The molecule has 2 aliphatic rings. The number of H-pyrrole nitrogens is 1. The Morgan fingerprint density at radius 1 is 1.10 bits per heavy atom. The zero-order valence-corrected chi connectivity index (χ0v) is 23.2. The summed E-state index contributed by atoms with van der Waals surface area (Å²) in [6.45, 7) is 6.14. The zero-order valence-electron chi connectivity index (χ0n) is 23.2. The number of urea groups is 1. The summed E-state index contributed by atoms with van der Waals surface area (Å²) in [6, 6.07) is 9.49. The van der Waals surface area contributed by atoms with E-state index in [9.17, 15) is 9.59 Å². The van der Waals surface area contributed by atoms with Gasteiger partial charge in [0.1, 0.15) is 0 Å². The Kier molecular flexibility index (Phi) is 8.37. The molecule has 40 heavy (non-hydrogen) atoms. The van der Waals surface area contributed by atoms with Crippen molar-refractivity contribution in [1.82, 2.24) is 30.3 Å². The van der Waals surface area contributed by atoms with Crippen molar-refractivity contribution in [3.63, 3.8) is 0 Å². The molecule has 208 valence electrons. The molecule has 1 aliphatic heterocycles. The van der Waals surface area contributed by atoms with Crippen LogP contribution in [0.2, 0.25) is 0 Å². The van der Waals surface area contributed by atoms with Crippen molar-refractivity contribution in [2.24, 2.45) is 0 Å². The third-order valence-electron chi connectivity index (χ3n) is 7.05. The van der Waals surface area contributed by atoms with E-state index in [1.165, 1.54) is 10.5 Å². The Morgan fingerprint density at radius 2 is 1.93 bits per heavy atom. The first-order chi connectivity index (χ1) is 19.4. The molecule has 1 aliphatic carbocycles. The van der Waals surface area contributed by atoms with Gasteiger partial charge in [0.15, 0.2) is 5.69 Å². The van der Waals surface area contributed by atoms with Crippen LogP contribution in [0.5, 0.6) is 0 Å². The Morgan fingerprint density at radius 3 is 2.65 bits per heavy atom. The highest BCUT2D eigenvalue weighted by Crippen LogP contribution is 2.28. The molecule has 3 amide bonds. The van der Waals surface area contributed by atoms with Gasteiger partial charge in [-0.15, -0.1) is 0 Å². The number of pyridine rings is 1. The summed E-state index contributed by atoms with van der Waals surface area (Å²) in [7, 11) is 3.42. The van der Waals surface area contributed by atoms with Crippen LogP contribution in [-0.4, -0.2) is 77.3 Å². The molecule has 0 spiro atoms. The number of benzene rings is 1. The van der Waals surface area contributed by atoms with Crippen LogP contribution >= 0.6 is 0 Å². The minimum atomic E-state index is -0.315. The number of amides is 3. The van der Waals surface area contributed by atoms with Crippen molar-refractivity contribution in [1.29, 1.82) is 0 Å². The number of ether oxygens (including phenoxy) is 1. The van der Waals surface area contributed by atoms with Gasteiger partial charge in [0.25, 0.3) is 5.91 Å². The van der Waals surface area contributed by atoms with Gasteiger partial charge in [-0.3, -0.25) is 19.8 Å². The maximum absolute atomic E-state index is 13.2. The van der Waals surface area contributed by atoms with Crippen molar-refractivity contribution < 1.29 is 14.3 Å². The topological polar surface area (TPSA) is 115 Å². The largest absolute Gasteiger partial charge is 0.379 e. The summed E-state index contributed by atoms with van der Waals surface area (Å²) in [5, 5.41) is 13.9. The lowest BCUT2D eigenvalue weighted by Gasteiger charge is -2.26. The summed E-state index contributed by atoms with van der Waals surface area (Å²) in [5.74, 6) is -0.315. The maximum atomic E-state index is 13.2. The predicted octanol–water partition coefficient (Wildman–Crippen LogP) is 4.32. The number of fused-ring (bicyclic) bond motifs is 1. The Bertz CT molecular complexity index is 1480. The van der Waals surface area contributed by atoms with E-state index in [1.807, 2.05) is 42.5 Å². The summed E-state index contributed by atoms with van der Waals surface area (Å²) in [6.07, 6.45) is 9.46. The summed E-state index contributed by atoms with van der Waals surface area (Å²) < 4.78 is 5.41. The fourth-order valence-electron chi connectivity index (χ4n) is 4.66. The smallest absolute Gasteiger partial charge is 0.321 e. The Balaban J connectivity index is 1.35. The normalized spacial score (nSPS) is 16.0. The van der Waals surface area contributed by atoms with Crippen molar-refractivity contribution in [2.75, 3.05) is 45.7 Å². The van der Waals surface area contributed by atoms with Gasteiger partial charge in [0.05, 0.1) is 36.3 Å². The standard InChI is InChI=1S/C30H35N7O3/c1-4-20-5-7-23(33-30(39)36(2)3)16-22(15-20)21-6-10-27-26(17-21)28(35-34-27)29(38)32-24-8-9-25(31-18-24)19-37-11-13-40-14-12-37/h6-10,15-18H,4-5,11-14,19H2,1-3H3,(H,32,38)(H,33,39)(H,34,35). The second-order valence-electron chi connectivity index (χ2n) is 10.2. The van der Waals surface area contributed by atoms with Gasteiger partial charge in [-0.2, -0.15) is 5.10 Å². The number of carbonyl (C=O) groups excluding carboxylic acids is 2. The van der Waals surface area contributed by atoms with Crippen LogP contribution in [-0.2, 0) is 11.3 Å². The van der Waals surface area contributed by atoms with E-state index in [2.05, 4.69) is 43.7 Å². The number of hydrogen-bond donors (Lipinski definition) is 3. The third kappa shape index (κ3) is 6.47. The van der Waals surface area contributed by atoms with Crippen LogP contribution in [0.3, 0.4) is 0 Å². The second-order valence-corrected chi connectivity index (χ2v) is 10.2. The summed E-state index contributed by atoms with van der Waals surface area (Å²) in [4.78, 5) is 33.9. The van der Waals surface area contributed by atoms with Crippen molar-refractivity contribution in [3.05, 3.63) is 83.0 Å². The lowest BCUT2D eigenvalue weighted by atomic mass is 9.99. The number of aromatic nitrogens is 3. The molecule has 3 N–H and O–H groups in total. The quantitative estimate of drug-likeness (QED) is 0.410. The summed E-state index contributed by atoms with van der Waals surface area (Å²) in [5.41, 5.74) is 6.48. The van der Waals surface area contributed by atoms with E-state index in [0.717, 1.165) is 73.7 Å². The number of allylic oxidation sites excluding steroid dienone is 5. The van der Waals surface area contributed by atoms with E-state index in [1.54, 1.807) is 20.3 Å². The van der Waals surface area contributed by atoms with E-state index in [-0.39, 0.29) is 11.9 Å². The minimum absolute atomic E-state index is 0.185. The molecule has 10 nitrogen and oxygen atoms in total.